The van der Waals surface area contributed by atoms with Crippen molar-refractivity contribution in [2.45, 2.75) is 19.3 Å². The Kier molecular flexibility index (Phi) is 3.92. The number of esters is 1. The molecule has 1 atom stereocenters. The summed E-state index contributed by atoms with van der Waals surface area (Å²) in [4.78, 5) is 11.1. The smallest absolute Gasteiger partial charge is 0.311 e. The van der Waals surface area contributed by atoms with E-state index in [1.165, 1.54) is 6.26 Å². The zero-order chi connectivity index (χ0) is 10.4. The number of ether oxygens (including phenoxy) is 1. The lowest BCUT2D eigenvalue weighted by molar-refractivity contribution is -0.138. The molecule has 14 heavy (non-hydrogen) atoms. The van der Waals surface area contributed by atoms with Crippen LogP contribution in [0.4, 0.5) is 0 Å². The Morgan fingerprint density at radius 3 is 2.71 bits per heavy atom. The van der Waals surface area contributed by atoms with E-state index in [0.29, 0.717) is 6.42 Å². The summed E-state index contributed by atoms with van der Waals surface area (Å²) in [6, 6.07) is 9.89. The first kappa shape index (κ1) is 10.5. The molecule has 0 fully saturated rings. The van der Waals surface area contributed by atoms with E-state index in [1.807, 2.05) is 37.3 Å². The standard InChI is InChI=1S/C12H14O2/c1-3-14-12(13)9-10(2)11-7-5-4-6-8-11/h3-8,10H,1,9H2,2H3/t10-/m1/s1. The summed E-state index contributed by atoms with van der Waals surface area (Å²) in [7, 11) is 0. The lowest BCUT2D eigenvalue weighted by atomic mass is 9.98. The van der Waals surface area contributed by atoms with Gasteiger partial charge in [0.15, 0.2) is 0 Å². The first-order valence-corrected chi connectivity index (χ1v) is 4.59. The number of carbonyl (C=O) groups is 1. The van der Waals surface area contributed by atoms with Crippen LogP contribution in [0.3, 0.4) is 0 Å². The molecular formula is C12H14O2. The molecule has 0 aliphatic rings. The van der Waals surface area contributed by atoms with Gasteiger partial charge in [0.25, 0.3) is 0 Å². The molecule has 0 radical (unpaired) electrons. The second-order valence-electron chi connectivity index (χ2n) is 3.17. The average Bonchev–Trinajstić information content (AvgIpc) is 2.19. The van der Waals surface area contributed by atoms with Gasteiger partial charge < -0.3 is 4.74 Å². The van der Waals surface area contributed by atoms with Gasteiger partial charge in [0.05, 0.1) is 12.7 Å². The van der Waals surface area contributed by atoms with Crippen LogP contribution in [0.2, 0.25) is 0 Å². The van der Waals surface area contributed by atoms with E-state index in [9.17, 15) is 4.79 Å². The first-order chi connectivity index (χ1) is 6.74. The fraction of sp³-hybridized carbons (Fsp3) is 0.250. The second kappa shape index (κ2) is 5.22. The van der Waals surface area contributed by atoms with Crippen molar-refractivity contribution >= 4 is 5.97 Å². The van der Waals surface area contributed by atoms with Crippen LogP contribution in [-0.4, -0.2) is 5.97 Å². The van der Waals surface area contributed by atoms with E-state index in [2.05, 4.69) is 11.3 Å². The van der Waals surface area contributed by atoms with E-state index in [1.54, 1.807) is 0 Å². The molecule has 0 amide bonds. The molecule has 2 nitrogen and oxygen atoms in total. The SMILES string of the molecule is C=COC(=O)C[C@@H](C)c1ccccc1. The third-order valence-corrected chi connectivity index (χ3v) is 2.06. The highest BCUT2D eigenvalue weighted by atomic mass is 16.5. The van der Waals surface area contributed by atoms with Gasteiger partial charge in [0, 0.05) is 0 Å². The van der Waals surface area contributed by atoms with Crippen molar-refractivity contribution in [3.63, 3.8) is 0 Å². The maximum atomic E-state index is 11.1. The van der Waals surface area contributed by atoms with Gasteiger partial charge in [0.1, 0.15) is 0 Å². The predicted octanol–water partition coefficient (Wildman–Crippen LogP) is 2.87. The zero-order valence-electron chi connectivity index (χ0n) is 8.27. The first-order valence-electron chi connectivity index (χ1n) is 4.59. The van der Waals surface area contributed by atoms with E-state index in [4.69, 9.17) is 0 Å². The van der Waals surface area contributed by atoms with Crippen molar-refractivity contribution in [3.8, 4) is 0 Å². The molecule has 0 N–H and O–H groups in total. The molecule has 1 aromatic carbocycles. The Morgan fingerprint density at radius 2 is 2.14 bits per heavy atom. The molecule has 0 aromatic heterocycles. The van der Waals surface area contributed by atoms with Gasteiger partial charge in [0.2, 0.25) is 0 Å². The van der Waals surface area contributed by atoms with Crippen LogP contribution in [-0.2, 0) is 9.53 Å². The van der Waals surface area contributed by atoms with Gasteiger partial charge in [-0.05, 0) is 11.5 Å². The van der Waals surface area contributed by atoms with Gasteiger partial charge in [-0.1, -0.05) is 43.8 Å². The fourth-order valence-corrected chi connectivity index (χ4v) is 1.29. The van der Waals surface area contributed by atoms with Crippen molar-refractivity contribution in [2.24, 2.45) is 0 Å². The van der Waals surface area contributed by atoms with Gasteiger partial charge in [-0.25, -0.2) is 0 Å². The maximum absolute atomic E-state index is 11.1. The van der Waals surface area contributed by atoms with Crippen LogP contribution in [0.5, 0.6) is 0 Å². The molecule has 0 saturated heterocycles. The minimum atomic E-state index is -0.239. The molecule has 0 spiro atoms. The van der Waals surface area contributed by atoms with E-state index < -0.39 is 0 Å². The summed E-state index contributed by atoms with van der Waals surface area (Å²) in [5.41, 5.74) is 1.15. The third-order valence-electron chi connectivity index (χ3n) is 2.06. The average molecular weight is 190 g/mol. The van der Waals surface area contributed by atoms with Crippen molar-refractivity contribution in [2.75, 3.05) is 0 Å². The lowest BCUT2D eigenvalue weighted by Gasteiger charge is -2.09. The highest BCUT2D eigenvalue weighted by Gasteiger charge is 2.10. The summed E-state index contributed by atoms with van der Waals surface area (Å²) >= 11 is 0. The number of hydrogen-bond acceptors (Lipinski definition) is 2. The van der Waals surface area contributed by atoms with Gasteiger partial charge >= 0.3 is 5.97 Å². The molecule has 0 bridgehead atoms. The van der Waals surface area contributed by atoms with Crippen LogP contribution >= 0.6 is 0 Å². The van der Waals surface area contributed by atoms with Gasteiger partial charge in [-0.15, -0.1) is 0 Å². The number of rotatable bonds is 4. The Morgan fingerprint density at radius 1 is 1.50 bits per heavy atom. The van der Waals surface area contributed by atoms with Crippen molar-refractivity contribution < 1.29 is 9.53 Å². The molecule has 1 rings (SSSR count). The quantitative estimate of drug-likeness (QED) is 0.539. The van der Waals surface area contributed by atoms with Crippen molar-refractivity contribution in [3.05, 3.63) is 48.7 Å². The zero-order valence-corrected chi connectivity index (χ0v) is 8.27. The molecule has 0 aliphatic heterocycles. The van der Waals surface area contributed by atoms with Gasteiger partial charge in [-0.3, -0.25) is 4.79 Å². The van der Waals surface area contributed by atoms with Crippen molar-refractivity contribution in [1.29, 1.82) is 0 Å². The Balaban J connectivity index is 2.54. The minimum Gasteiger partial charge on any atom is -0.435 e. The van der Waals surface area contributed by atoms with E-state index in [-0.39, 0.29) is 11.9 Å². The minimum absolute atomic E-state index is 0.184. The van der Waals surface area contributed by atoms with Crippen molar-refractivity contribution in [1.82, 2.24) is 0 Å². The topological polar surface area (TPSA) is 26.3 Å². The predicted molar refractivity (Wildman–Crippen MR) is 55.8 cm³/mol. The molecule has 0 saturated carbocycles. The van der Waals surface area contributed by atoms with Crippen LogP contribution in [0.1, 0.15) is 24.8 Å². The molecule has 1 aromatic rings. The molecular weight excluding hydrogens is 176 g/mol. The number of benzene rings is 1. The molecule has 0 heterocycles. The van der Waals surface area contributed by atoms with Gasteiger partial charge in [-0.2, -0.15) is 0 Å². The Hall–Kier alpha value is -1.57. The third kappa shape index (κ3) is 3.05. The second-order valence-corrected chi connectivity index (χ2v) is 3.17. The highest BCUT2D eigenvalue weighted by molar-refractivity contribution is 5.71. The molecule has 74 valence electrons. The lowest BCUT2D eigenvalue weighted by Crippen LogP contribution is -2.05. The van der Waals surface area contributed by atoms with Crippen LogP contribution < -0.4 is 0 Å². The monoisotopic (exact) mass is 190 g/mol. The Bertz CT molecular complexity index is 303. The van der Waals surface area contributed by atoms with Crippen LogP contribution in [0, 0.1) is 0 Å². The largest absolute Gasteiger partial charge is 0.435 e. The molecule has 0 aliphatic carbocycles. The number of hydrogen-bond donors (Lipinski definition) is 0. The summed E-state index contributed by atoms with van der Waals surface area (Å²) < 4.78 is 4.66. The number of carbonyl (C=O) groups excluding carboxylic acids is 1. The molecule has 0 unspecified atom stereocenters. The summed E-state index contributed by atoms with van der Waals surface area (Å²) in [6.45, 7) is 5.34. The molecule has 2 heteroatoms. The Labute approximate surface area is 84.2 Å². The van der Waals surface area contributed by atoms with E-state index >= 15 is 0 Å². The van der Waals surface area contributed by atoms with Crippen LogP contribution in [0.25, 0.3) is 0 Å². The summed E-state index contributed by atoms with van der Waals surface area (Å²) in [6.07, 6.45) is 1.55. The summed E-state index contributed by atoms with van der Waals surface area (Å²) in [5.74, 6) is -0.0556. The maximum Gasteiger partial charge on any atom is 0.311 e. The summed E-state index contributed by atoms with van der Waals surface area (Å²) in [5, 5.41) is 0. The normalized spacial score (nSPS) is 11.8. The highest BCUT2D eigenvalue weighted by Crippen LogP contribution is 2.18. The van der Waals surface area contributed by atoms with E-state index in [0.717, 1.165) is 5.56 Å². The van der Waals surface area contributed by atoms with Crippen LogP contribution in [0.15, 0.2) is 43.2 Å². The fourth-order valence-electron chi connectivity index (χ4n) is 1.29.